The van der Waals surface area contributed by atoms with Crippen LogP contribution >= 0.6 is 23.2 Å². The zero-order valence-electron chi connectivity index (χ0n) is 5.93. The molecular weight excluding hydrogens is 185 g/mol. The van der Waals surface area contributed by atoms with Crippen LogP contribution < -0.4 is 5.32 Å². The molecule has 1 rings (SSSR count). The molecule has 11 heavy (non-hydrogen) atoms. The van der Waals surface area contributed by atoms with E-state index in [0.29, 0.717) is 22.5 Å². The molecule has 0 aromatic carbocycles. The predicted molar refractivity (Wildman–Crippen MR) is 46.1 cm³/mol. The third-order valence-electron chi connectivity index (χ3n) is 1.17. The van der Waals surface area contributed by atoms with E-state index in [1.165, 1.54) is 6.20 Å². The topological polar surface area (TPSA) is 37.8 Å². The van der Waals surface area contributed by atoms with Crippen molar-refractivity contribution in [2.75, 3.05) is 12.4 Å². The standard InChI is InChI=1S/C6H7Cl2N3/c1-9-6-10-3-4(8)5(2-7)11-6/h3H,2H2,1H3,(H,9,10,11). The van der Waals surface area contributed by atoms with Gasteiger partial charge < -0.3 is 5.32 Å². The Morgan fingerprint density at radius 3 is 2.91 bits per heavy atom. The Morgan fingerprint density at radius 1 is 1.64 bits per heavy atom. The highest BCUT2D eigenvalue weighted by Gasteiger charge is 2.01. The predicted octanol–water partition coefficient (Wildman–Crippen LogP) is 1.91. The first-order valence-electron chi connectivity index (χ1n) is 3.03. The summed E-state index contributed by atoms with van der Waals surface area (Å²) in [6.45, 7) is 0. The van der Waals surface area contributed by atoms with Crippen LogP contribution in [0.5, 0.6) is 0 Å². The van der Waals surface area contributed by atoms with Gasteiger partial charge in [0.2, 0.25) is 5.95 Å². The SMILES string of the molecule is CNc1ncc(Cl)c(CCl)n1. The summed E-state index contributed by atoms with van der Waals surface area (Å²) in [5.74, 6) is 0.834. The molecule has 0 spiro atoms. The third-order valence-corrected chi connectivity index (χ3v) is 1.74. The molecule has 60 valence electrons. The zero-order chi connectivity index (χ0) is 8.27. The van der Waals surface area contributed by atoms with Crippen molar-refractivity contribution in [2.24, 2.45) is 0 Å². The fraction of sp³-hybridized carbons (Fsp3) is 0.333. The number of aromatic nitrogens is 2. The van der Waals surface area contributed by atoms with Gasteiger partial charge in [-0.05, 0) is 0 Å². The summed E-state index contributed by atoms with van der Waals surface area (Å²) in [5.41, 5.74) is 0.646. The number of hydrogen-bond acceptors (Lipinski definition) is 3. The molecule has 1 N–H and O–H groups in total. The number of hydrogen-bond donors (Lipinski definition) is 1. The molecule has 0 aliphatic heterocycles. The average molecular weight is 192 g/mol. The van der Waals surface area contributed by atoms with E-state index in [9.17, 15) is 0 Å². The Balaban J connectivity index is 3.02. The quantitative estimate of drug-likeness (QED) is 0.727. The second-order valence-electron chi connectivity index (χ2n) is 1.87. The van der Waals surface area contributed by atoms with Gasteiger partial charge in [-0.15, -0.1) is 11.6 Å². The van der Waals surface area contributed by atoms with Crippen molar-refractivity contribution >= 4 is 29.2 Å². The van der Waals surface area contributed by atoms with Crippen LogP contribution in [0.25, 0.3) is 0 Å². The Labute approximate surface area is 74.8 Å². The van der Waals surface area contributed by atoms with Gasteiger partial charge in [0, 0.05) is 7.05 Å². The van der Waals surface area contributed by atoms with Gasteiger partial charge in [0.05, 0.1) is 22.8 Å². The summed E-state index contributed by atoms with van der Waals surface area (Å²) >= 11 is 11.3. The molecule has 0 aliphatic rings. The molecule has 0 bridgehead atoms. The molecule has 1 aromatic rings. The summed E-state index contributed by atoms with van der Waals surface area (Å²) < 4.78 is 0. The van der Waals surface area contributed by atoms with E-state index >= 15 is 0 Å². The lowest BCUT2D eigenvalue weighted by Crippen LogP contribution is -1.98. The Morgan fingerprint density at radius 2 is 2.36 bits per heavy atom. The number of halogens is 2. The largest absolute Gasteiger partial charge is 0.357 e. The molecule has 0 amide bonds. The fourth-order valence-corrected chi connectivity index (χ4v) is 1.05. The van der Waals surface area contributed by atoms with Crippen LogP contribution in [-0.2, 0) is 5.88 Å². The summed E-state index contributed by atoms with van der Waals surface area (Å²) in [5, 5.41) is 3.29. The second kappa shape index (κ2) is 3.74. The van der Waals surface area contributed by atoms with Gasteiger partial charge in [-0.2, -0.15) is 0 Å². The highest BCUT2D eigenvalue weighted by atomic mass is 35.5. The van der Waals surface area contributed by atoms with Crippen molar-refractivity contribution in [2.45, 2.75) is 5.88 Å². The van der Waals surface area contributed by atoms with E-state index in [2.05, 4.69) is 15.3 Å². The van der Waals surface area contributed by atoms with E-state index in [0.717, 1.165) is 0 Å². The highest BCUT2D eigenvalue weighted by Crippen LogP contribution is 2.15. The van der Waals surface area contributed by atoms with E-state index in [4.69, 9.17) is 23.2 Å². The number of nitrogens with one attached hydrogen (secondary N) is 1. The van der Waals surface area contributed by atoms with Crippen molar-refractivity contribution < 1.29 is 0 Å². The van der Waals surface area contributed by atoms with Crippen LogP contribution in [0.4, 0.5) is 5.95 Å². The van der Waals surface area contributed by atoms with Gasteiger partial charge >= 0.3 is 0 Å². The van der Waals surface area contributed by atoms with Gasteiger partial charge in [0.25, 0.3) is 0 Å². The summed E-state index contributed by atoms with van der Waals surface area (Å²) in [6, 6.07) is 0. The Hall–Kier alpha value is -0.540. The van der Waals surface area contributed by atoms with Crippen LogP contribution in [0.1, 0.15) is 5.69 Å². The fourth-order valence-electron chi connectivity index (χ4n) is 0.617. The summed E-state index contributed by atoms with van der Waals surface area (Å²) in [4.78, 5) is 7.92. The van der Waals surface area contributed by atoms with Gasteiger partial charge in [-0.3, -0.25) is 0 Å². The molecule has 3 nitrogen and oxygen atoms in total. The normalized spacial score (nSPS) is 9.73. The minimum absolute atomic E-state index is 0.302. The monoisotopic (exact) mass is 191 g/mol. The number of alkyl halides is 1. The molecule has 5 heteroatoms. The molecule has 1 aromatic heterocycles. The maximum atomic E-state index is 5.72. The molecule has 1 heterocycles. The van der Waals surface area contributed by atoms with Crippen molar-refractivity contribution in [3.8, 4) is 0 Å². The maximum Gasteiger partial charge on any atom is 0.222 e. The molecule has 0 atom stereocenters. The van der Waals surface area contributed by atoms with Crippen molar-refractivity contribution in [1.82, 2.24) is 9.97 Å². The van der Waals surface area contributed by atoms with Crippen LogP contribution in [0.15, 0.2) is 6.20 Å². The zero-order valence-corrected chi connectivity index (χ0v) is 7.45. The Bertz CT molecular complexity index is 252. The van der Waals surface area contributed by atoms with Gasteiger partial charge in [-0.1, -0.05) is 11.6 Å². The molecular formula is C6H7Cl2N3. The molecule has 0 radical (unpaired) electrons. The first-order valence-corrected chi connectivity index (χ1v) is 3.94. The number of rotatable bonds is 2. The van der Waals surface area contributed by atoms with Crippen molar-refractivity contribution in [3.05, 3.63) is 16.9 Å². The van der Waals surface area contributed by atoms with Gasteiger partial charge in [0.1, 0.15) is 0 Å². The molecule has 0 fully saturated rings. The molecule has 0 saturated carbocycles. The van der Waals surface area contributed by atoms with Crippen LogP contribution in [0.3, 0.4) is 0 Å². The smallest absolute Gasteiger partial charge is 0.222 e. The highest BCUT2D eigenvalue weighted by molar-refractivity contribution is 6.31. The molecule has 0 aliphatic carbocycles. The number of anilines is 1. The van der Waals surface area contributed by atoms with Crippen LogP contribution in [0.2, 0.25) is 5.02 Å². The third kappa shape index (κ3) is 1.94. The lowest BCUT2D eigenvalue weighted by molar-refractivity contribution is 1.08. The van der Waals surface area contributed by atoms with Gasteiger partial charge in [-0.25, -0.2) is 9.97 Å². The van der Waals surface area contributed by atoms with Crippen molar-refractivity contribution in [1.29, 1.82) is 0 Å². The van der Waals surface area contributed by atoms with Crippen LogP contribution in [0, 0.1) is 0 Å². The van der Waals surface area contributed by atoms with E-state index in [1.54, 1.807) is 7.05 Å². The first-order chi connectivity index (χ1) is 5.27. The summed E-state index contributed by atoms with van der Waals surface area (Å²) in [7, 11) is 1.74. The Kier molecular flexibility index (Phi) is 2.91. The van der Waals surface area contributed by atoms with E-state index in [1.807, 2.05) is 0 Å². The minimum Gasteiger partial charge on any atom is -0.357 e. The van der Waals surface area contributed by atoms with E-state index < -0.39 is 0 Å². The van der Waals surface area contributed by atoms with Crippen molar-refractivity contribution in [3.63, 3.8) is 0 Å². The molecule has 0 saturated heterocycles. The first kappa shape index (κ1) is 8.56. The summed E-state index contributed by atoms with van der Waals surface area (Å²) in [6.07, 6.45) is 1.53. The number of nitrogens with zero attached hydrogens (tertiary/aromatic N) is 2. The maximum absolute atomic E-state index is 5.72. The average Bonchev–Trinajstić information content (AvgIpc) is 2.05. The van der Waals surface area contributed by atoms with Crippen LogP contribution in [-0.4, -0.2) is 17.0 Å². The second-order valence-corrected chi connectivity index (χ2v) is 2.55. The van der Waals surface area contributed by atoms with E-state index in [-0.39, 0.29) is 0 Å². The lowest BCUT2D eigenvalue weighted by Gasteiger charge is -2.00. The molecule has 0 unspecified atom stereocenters. The lowest BCUT2D eigenvalue weighted by atomic mass is 10.4. The van der Waals surface area contributed by atoms with Gasteiger partial charge in [0.15, 0.2) is 0 Å². The minimum atomic E-state index is 0.302.